The second-order valence-corrected chi connectivity index (χ2v) is 14.0. The number of thiophene rings is 1. The maximum absolute atomic E-state index is 13.6. The lowest BCUT2D eigenvalue weighted by atomic mass is 10.0. The number of carbonyl (C=O) groups excluding carboxylic acids is 1. The van der Waals surface area contributed by atoms with Crippen molar-refractivity contribution in [3.63, 3.8) is 0 Å². The average molecular weight is 589 g/mol. The minimum atomic E-state index is -3.87. The van der Waals surface area contributed by atoms with Gasteiger partial charge in [-0.25, -0.2) is 13.1 Å². The molecule has 0 saturated carbocycles. The van der Waals surface area contributed by atoms with Crippen LogP contribution in [0.5, 0.6) is 0 Å². The van der Waals surface area contributed by atoms with Crippen LogP contribution in [0.25, 0.3) is 10.8 Å². The van der Waals surface area contributed by atoms with Crippen LogP contribution in [0.15, 0.2) is 83.8 Å². The highest BCUT2D eigenvalue weighted by Gasteiger charge is 2.29. The minimum Gasteiger partial charge on any atom is -0.338 e. The van der Waals surface area contributed by atoms with Crippen LogP contribution in [0.3, 0.4) is 0 Å². The second kappa shape index (κ2) is 12.0. The van der Waals surface area contributed by atoms with Crippen LogP contribution in [-0.4, -0.2) is 68.8 Å². The van der Waals surface area contributed by atoms with Crippen molar-refractivity contribution in [3.8, 4) is 0 Å². The predicted molar refractivity (Wildman–Crippen MR) is 164 cm³/mol. The Morgan fingerprint density at radius 3 is 2.41 bits per heavy atom. The van der Waals surface area contributed by atoms with Crippen molar-refractivity contribution in [2.75, 3.05) is 39.8 Å². The van der Waals surface area contributed by atoms with Gasteiger partial charge in [0.25, 0.3) is 0 Å². The van der Waals surface area contributed by atoms with Gasteiger partial charge >= 0.3 is 0 Å². The molecular formula is C32H36N4O3S2. The SMILES string of the molecule is CN1CCN(Cc2cc3c(s2)CCN(C(=O)CC(NS(=O)(=O)c2ccc4ccccc4c2)c2ccccc2)C3)CC1. The summed E-state index contributed by atoms with van der Waals surface area (Å²) in [5.41, 5.74) is 2.00. The summed E-state index contributed by atoms with van der Waals surface area (Å²) in [6.45, 7) is 6.55. The fourth-order valence-corrected chi connectivity index (χ4v) is 8.19. The number of nitrogens with zero attached hydrogens (tertiary/aromatic N) is 3. The fourth-order valence-electron chi connectivity index (χ4n) is 5.72. The number of rotatable bonds is 8. The highest BCUT2D eigenvalue weighted by atomic mass is 32.2. The normalized spacial score (nSPS) is 17.4. The molecule has 2 aliphatic heterocycles. The summed E-state index contributed by atoms with van der Waals surface area (Å²) < 4.78 is 29.9. The van der Waals surface area contributed by atoms with Crippen LogP contribution >= 0.6 is 11.3 Å². The second-order valence-electron chi connectivity index (χ2n) is 11.1. The number of nitrogens with one attached hydrogen (secondary N) is 1. The molecule has 1 saturated heterocycles. The van der Waals surface area contributed by atoms with Gasteiger partial charge in [0, 0.05) is 62.0 Å². The number of piperazine rings is 1. The Balaban J connectivity index is 1.16. The third kappa shape index (κ3) is 6.55. The Kier molecular flexibility index (Phi) is 8.23. The number of likely N-dealkylation sites (N-methyl/N-ethyl adjacent to an activating group) is 1. The zero-order valence-electron chi connectivity index (χ0n) is 23.3. The van der Waals surface area contributed by atoms with E-state index in [9.17, 15) is 13.2 Å². The lowest BCUT2D eigenvalue weighted by Crippen LogP contribution is -2.43. The average Bonchev–Trinajstić information content (AvgIpc) is 3.39. The van der Waals surface area contributed by atoms with E-state index in [1.54, 1.807) is 12.1 Å². The highest BCUT2D eigenvalue weighted by molar-refractivity contribution is 7.89. The molecule has 0 spiro atoms. The first kappa shape index (κ1) is 28.1. The molecule has 0 aliphatic carbocycles. The van der Waals surface area contributed by atoms with E-state index in [4.69, 9.17) is 0 Å². The molecule has 9 heteroatoms. The Hall–Kier alpha value is -3.08. The highest BCUT2D eigenvalue weighted by Crippen LogP contribution is 2.31. The van der Waals surface area contributed by atoms with Crippen molar-refractivity contribution in [3.05, 3.63) is 99.7 Å². The van der Waals surface area contributed by atoms with Gasteiger partial charge in [-0.05, 0) is 53.6 Å². The number of carbonyl (C=O) groups is 1. The Morgan fingerprint density at radius 1 is 0.902 bits per heavy atom. The van der Waals surface area contributed by atoms with Gasteiger partial charge in [0.15, 0.2) is 0 Å². The summed E-state index contributed by atoms with van der Waals surface area (Å²) in [6.07, 6.45) is 0.901. The molecular weight excluding hydrogens is 553 g/mol. The fraction of sp³-hybridized carbons (Fsp3) is 0.344. The number of hydrogen-bond donors (Lipinski definition) is 1. The van der Waals surface area contributed by atoms with Gasteiger partial charge in [0.1, 0.15) is 0 Å². The standard InChI is InChI=1S/C32H36N4O3S2/c1-34-15-17-35(18-16-34)23-28-19-27-22-36(14-13-31(27)40-28)32(37)21-30(25-8-3-2-4-9-25)33-41(38,39)29-12-11-24-7-5-6-10-26(24)20-29/h2-12,19-20,30,33H,13-18,21-23H2,1H3. The lowest BCUT2D eigenvalue weighted by molar-refractivity contribution is -0.132. The third-order valence-electron chi connectivity index (χ3n) is 8.16. The Morgan fingerprint density at radius 2 is 1.63 bits per heavy atom. The maximum Gasteiger partial charge on any atom is 0.241 e. The summed E-state index contributed by atoms with van der Waals surface area (Å²) in [5.74, 6) is -0.0440. The molecule has 3 aromatic carbocycles. The van der Waals surface area contributed by atoms with Crippen molar-refractivity contribution in [2.24, 2.45) is 0 Å². The van der Waals surface area contributed by atoms with Crippen molar-refractivity contribution in [1.82, 2.24) is 19.4 Å². The van der Waals surface area contributed by atoms with E-state index < -0.39 is 16.1 Å². The molecule has 7 nitrogen and oxygen atoms in total. The number of sulfonamides is 1. The first-order valence-corrected chi connectivity index (χ1v) is 16.5. The Bertz CT molecular complexity index is 1630. The molecule has 214 valence electrons. The molecule has 3 heterocycles. The number of amides is 1. The number of benzene rings is 3. The van der Waals surface area contributed by atoms with Gasteiger partial charge in [0.05, 0.1) is 10.9 Å². The van der Waals surface area contributed by atoms with E-state index in [2.05, 4.69) is 27.6 Å². The van der Waals surface area contributed by atoms with Gasteiger partial charge < -0.3 is 9.80 Å². The number of hydrogen-bond acceptors (Lipinski definition) is 6. The summed E-state index contributed by atoms with van der Waals surface area (Å²) >= 11 is 1.88. The third-order valence-corrected chi connectivity index (χ3v) is 10.8. The largest absolute Gasteiger partial charge is 0.338 e. The maximum atomic E-state index is 13.6. The van der Waals surface area contributed by atoms with Crippen molar-refractivity contribution in [2.45, 2.75) is 36.9 Å². The van der Waals surface area contributed by atoms with E-state index in [1.165, 1.54) is 15.3 Å². The van der Waals surface area contributed by atoms with E-state index in [0.717, 1.165) is 55.5 Å². The van der Waals surface area contributed by atoms with Gasteiger partial charge in [-0.1, -0.05) is 60.7 Å². The summed E-state index contributed by atoms with van der Waals surface area (Å²) in [6, 6.07) is 23.8. The zero-order chi connectivity index (χ0) is 28.4. The van der Waals surface area contributed by atoms with Crippen LogP contribution in [-0.2, 0) is 34.3 Å². The topological polar surface area (TPSA) is 73.0 Å². The van der Waals surface area contributed by atoms with Crippen LogP contribution in [0.4, 0.5) is 0 Å². The molecule has 0 bridgehead atoms. The lowest BCUT2D eigenvalue weighted by Gasteiger charge is -2.31. The van der Waals surface area contributed by atoms with E-state index in [-0.39, 0.29) is 17.2 Å². The monoisotopic (exact) mass is 588 g/mol. The molecule has 0 radical (unpaired) electrons. The molecule has 4 aromatic rings. The van der Waals surface area contributed by atoms with Crippen molar-refractivity contribution < 1.29 is 13.2 Å². The molecule has 1 aromatic heterocycles. The molecule has 6 rings (SSSR count). The molecule has 1 fully saturated rings. The zero-order valence-corrected chi connectivity index (χ0v) is 25.0. The van der Waals surface area contributed by atoms with E-state index in [0.29, 0.717) is 13.1 Å². The van der Waals surface area contributed by atoms with Gasteiger partial charge in [0.2, 0.25) is 15.9 Å². The van der Waals surface area contributed by atoms with Crippen LogP contribution in [0, 0.1) is 0 Å². The summed E-state index contributed by atoms with van der Waals surface area (Å²) in [5, 5.41) is 1.83. The molecule has 1 atom stereocenters. The van der Waals surface area contributed by atoms with Crippen molar-refractivity contribution >= 4 is 38.0 Å². The van der Waals surface area contributed by atoms with Crippen LogP contribution in [0.1, 0.15) is 33.3 Å². The van der Waals surface area contributed by atoms with E-state index >= 15 is 0 Å². The smallest absolute Gasteiger partial charge is 0.241 e. The first-order chi connectivity index (χ1) is 19.8. The van der Waals surface area contributed by atoms with Gasteiger partial charge in [-0.15, -0.1) is 11.3 Å². The van der Waals surface area contributed by atoms with Crippen LogP contribution < -0.4 is 4.72 Å². The van der Waals surface area contributed by atoms with E-state index in [1.807, 2.05) is 76.9 Å². The molecule has 2 aliphatic rings. The molecule has 1 unspecified atom stereocenters. The molecule has 1 amide bonds. The molecule has 41 heavy (non-hydrogen) atoms. The van der Waals surface area contributed by atoms with Gasteiger partial charge in [-0.2, -0.15) is 0 Å². The van der Waals surface area contributed by atoms with Crippen molar-refractivity contribution in [1.29, 1.82) is 0 Å². The first-order valence-electron chi connectivity index (χ1n) is 14.2. The molecule has 1 N–H and O–H groups in total. The summed E-state index contributed by atoms with van der Waals surface area (Å²) in [7, 11) is -1.69. The summed E-state index contributed by atoms with van der Waals surface area (Å²) in [4.78, 5) is 23.3. The minimum absolute atomic E-state index is 0.0440. The van der Waals surface area contributed by atoms with Gasteiger partial charge in [-0.3, -0.25) is 9.69 Å². The predicted octanol–water partition coefficient (Wildman–Crippen LogP) is 4.64. The van der Waals surface area contributed by atoms with Crippen LogP contribution in [0.2, 0.25) is 0 Å². The Labute approximate surface area is 246 Å². The number of fused-ring (bicyclic) bond motifs is 2. The quantitative estimate of drug-likeness (QED) is 0.325.